The highest BCUT2D eigenvalue weighted by molar-refractivity contribution is 7.12. The van der Waals surface area contributed by atoms with Crippen LogP contribution in [0.25, 0.3) is 0 Å². The lowest BCUT2D eigenvalue weighted by atomic mass is 9.99. The number of nitrogens with one attached hydrogen (secondary N) is 1. The van der Waals surface area contributed by atoms with Crippen molar-refractivity contribution < 1.29 is 28.2 Å². The molecule has 2 N–H and O–H groups in total. The summed E-state index contributed by atoms with van der Waals surface area (Å²) in [5.41, 5.74) is 2.84. The molecule has 166 valence electrons. The van der Waals surface area contributed by atoms with Crippen molar-refractivity contribution in [2.75, 3.05) is 6.61 Å². The van der Waals surface area contributed by atoms with Crippen LogP contribution in [-0.4, -0.2) is 23.6 Å². The lowest BCUT2D eigenvalue weighted by Gasteiger charge is -2.17. The van der Waals surface area contributed by atoms with Gasteiger partial charge in [-0.25, -0.2) is 13.6 Å². The van der Waals surface area contributed by atoms with Crippen LogP contribution in [0.4, 0.5) is 8.78 Å². The first kappa shape index (κ1) is 22.1. The lowest BCUT2D eigenvalue weighted by molar-refractivity contribution is 0.0696. The summed E-state index contributed by atoms with van der Waals surface area (Å²) < 4.78 is 32.9. The lowest BCUT2D eigenvalue weighted by Crippen LogP contribution is -2.28. The number of amides is 1. The first-order chi connectivity index (χ1) is 15.3. The summed E-state index contributed by atoms with van der Waals surface area (Å²) in [6, 6.07) is 9.33. The molecule has 0 bridgehead atoms. The Labute approximate surface area is 187 Å². The summed E-state index contributed by atoms with van der Waals surface area (Å²) in [6.45, 7) is 2.73. The molecular weight excluding hydrogens is 436 g/mol. The Morgan fingerprint density at radius 2 is 1.84 bits per heavy atom. The topological polar surface area (TPSA) is 75.6 Å². The maximum Gasteiger partial charge on any atom is 0.335 e. The summed E-state index contributed by atoms with van der Waals surface area (Å²) in [7, 11) is 0. The average molecular weight is 457 g/mol. The molecule has 0 saturated carbocycles. The molecular formula is C24H21F2NO4S. The van der Waals surface area contributed by atoms with Gasteiger partial charge in [-0.15, -0.1) is 11.3 Å². The maximum atomic E-state index is 13.7. The summed E-state index contributed by atoms with van der Waals surface area (Å²) in [5.74, 6) is -2.60. The minimum absolute atomic E-state index is 0.170. The van der Waals surface area contributed by atoms with Gasteiger partial charge in [0.05, 0.1) is 30.4 Å². The van der Waals surface area contributed by atoms with Gasteiger partial charge in [-0.3, -0.25) is 4.79 Å². The molecule has 1 atom stereocenters. The predicted molar refractivity (Wildman–Crippen MR) is 116 cm³/mol. The van der Waals surface area contributed by atoms with Gasteiger partial charge in [-0.2, -0.15) is 0 Å². The van der Waals surface area contributed by atoms with Gasteiger partial charge in [-0.1, -0.05) is 12.1 Å². The molecule has 4 rings (SSSR count). The van der Waals surface area contributed by atoms with Gasteiger partial charge in [0.2, 0.25) is 0 Å². The number of hydrogen-bond donors (Lipinski definition) is 2. The van der Waals surface area contributed by atoms with Crippen molar-refractivity contribution in [2.45, 2.75) is 32.4 Å². The molecule has 1 aliphatic rings. The van der Waals surface area contributed by atoms with Gasteiger partial charge < -0.3 is 15.2 Å². The molecule has 2 heterocycles. The van der Waals surface area contributed by atoms with E-state index in [0.29, 0.717) is 30.8 Å². The number of hydrogen-bond acceptors (Lipinski definition) is 4. The molecule has 32 heavy (non-hydrogen) atoms. The summed E-state index contributed by atoms with van der Waals surface area (Å²) in [6.07, 6.45) is 0.824. The number of thiophene rings is 1. The minimum Gasteiger partial charge on any atom is -0.478 e. The fourth-order valence-electron chi connectivity index (χ4n) is 3.84. The van der Waals surface area contributed by atoms with Crippen LogP contribution in [0.3, 0.4) is 0 Å². The fourth-order valence-corrected chi connectivity index (χ4v) is 5.17. The van der Waals surface area contributed by atoms with E-state index in [-0.39, 0.29) is 23.9 Å². The molecule has 1 aromatic heterocycles. The zero-order valence-corrected chi connectivity index (χ0v) is 18.1. The molecule has 0 unspecified atom stereocenters. The van der Waals surface area contributed by atoms with Gasteiger partial charge in [0, 0.05) is 22.2 Å². The van der Waals surface area contributed by atoms with Crippen molar-refractivity contribution in [3.05, 3.63) is 91.7 Å². The van der Waals surface area contributed by atoms with Crippen LogP contribution in [0.15, 0.2) is 42.5 Å². The van der Waals surface area contributed by atoms with Crippen LogP contribution in [-0.2, 0) is 24.2 Å². The molecule has 1 aliphatic heterocycles. The zero-order valence-electron chi connectivity index (χ0n) is 17.3. The number of halogens is 2. The van der Waals surface area contributed by atoms with E-state index in [9.17, 15) is 18.4 Å². The van der Waals surface area contributed by atoms with Crippen molar-refractivity contribution >= 4 is 23.2 Å². The number of carbonyl (C=O) groups is 2. The van der Waals surface area contributed by atoms with Crippen molar-refractivity contribution in [3.63, 3.8) is 0 Å². The second kappa shape index (κ2) is 9.18. The van der Waals surface area contributed by atoms with E-state index >= 15 is 0 Å². The molecule has 0 spiro atoms. The van der Waals surface area contributed by atoms with Gasteiger partial charge in [0.15, 0.2) is 0 Å². The third kappa shape index (κ3) is 4.71. The Morgan fingerprint density at radius 3 is 2.50 bits per heavy atom. The van der Waals surface area contributed by atoms with E-state index in [2.05, 4.69) is 5.32 Å². The molecule has 0 radical (unpaired) electrons. The molecule has 5 nitrogen and oxygen atoms in total. The quantitative estimate of drug-likeness (QED) is 0.553. The third-order valence-corrected chi connectivity index (χ3v) is 6.62. The smallest absolute Gasteiger partial charge is 0.335 e. The number of carboxylic acid groups (broad SMARTS) is 1. The number of aromatic carboxylic acids is 1. The average Bonchev–Trinajstić information content (AvgIpc) is 3.10. The van der Waals surface area contributed by atoms with Gasteiger partial charge in [0.25, 0.3) is 5.91 Å². The molecule has 3 aromatic rings. The van der Waals surface area contributed by atoms with Crippen molar-refractivity contribution in [1.82, 2.24) is 5.32 Å². The number of carboxylic acids is 1. The Bertz CT molecular complexity index is 1150. The maximum absolute atomic E-state index is 13.7. The standard InChI is InChI=1S/C24H21F2NO4S/c1-13(15-2-4-16(5-3-15)24(29)30)27-23(28)22-19-6-7-31-12-21(19)32-20(22)10-14-8-17(25)11-18(26)9-14/h2-5,8-9,11,13H,6-7,10,12H2,1H3,(H,27,28)(H,29,30)/t13-/m0/s1. The van der Waals surface area contributed by atoms with E-state index in [1.54, 1.807) is 12.1 Å². The van der Waals surface area contributed by atoms with Crippen LogP contribution in [0, 0.1) is 11.6 Å². The Kier molecular flexibility index (Phi) is 6.34. The summed E-state index contributed by atoms with van der Waals surface area (Å²) in [4.78, 5) is 26.0. The van der Waals surface area contributed by atoms with E-state index in [4.69, 9.17) is 9.84 Å². The Balaban J connectivity index is 1.61. The molecule has 8 heteroatoms. The fraction of sp³-hybridized carbons (Fsp3) is 0.250. The van der Waals surface area contributed by atoms with Crippen LogP contribution < -0.4 is 5.32 Å². The summed E-state index contributed by atoms with van der Waals surface area (Å²) >= 11 is 1.43. The zero-order chi connectivity index (χ0) is 22.8. The second-order valence-electron chi connectivity index (χ2n) is 7.68. The van der Waals surface area contributed by atoms with Crippen molar-refractivity contribution in [2.24, 2.45) is 0 Å². The van der Waals surface area contributed by atoms with Gasteiger partial charge in [0.1, 0.15) is 11.6 Å². The summed E-state index contributed by atoms with van der Waals surface area (Å²) in [5, 5.41) is 12.0. The van der Waals surface area contributed by atoms with Crippen molar-refractivity contribution in [1.29, 1.82) is 0 Å². The largest absolute Gasteiger partial charge is 0.478 e. The van der Waals surface area contributed by atoms with Crippen LogP contribution in [0.5, 0.6) is 0 Å². The highest BCUT2D eigenvalue weighted by Gasteiger charge is 2.27. The Morgan fingerprint density at radius 1 is 1.16 bits per heavy atom. The number of ether oxygens (including phenoxy) is 1. The highest BCUT2D eigenvalue weighted by atomic mass is 32.1. The monoisotopic (exact) mass is 457 g/mol. The number of rotatable bonds is 6. The first-order valence-corrected chi connectivity index (χ1v) is 10.9. The van der Waals surface area contributed by atoms with Crippen LogP contribution in [0.1, 0.15) is 60.1 Å². The van der Waals surface area contributed by atoms with Gasteiger partial charge >= 0.3 is 5.97 Å². The van der Waals surface area contributed by atoms with Crippen LogP contribution >= 0.6 is 11.3 Å². The molecule has 0 aliphatic carbocycles. The van der Waals surface area contributed by atoms with Gasteiger partial charge in [-0.05, 0) is 54.3 Å². The van der Waals surface area contributed by atoms with E-state index in [1.165, 1.54) is 35.6 Å². The number of benzene rings is 2. The third-order valence-electron chi connectivity index (χ3n) is 5.41. The SMILES string of the molecule is C[C@H](NC(=O)c1c(Cc2cc(F)cc(F)c2)sc2c1CCOC2)c1ccc(C(=O)O)cc1. The van der Waals surface area contributed by atoms with Crippen LogP contribution in [0.2, 0.25) is 0 Å². The number of fused-ring (bicyclic) bond motifs is 1. The number of carbonyl (C=O) groups excluding carboxylic acids is 1. The first-order valence-electron chi connectivity index (χ1n) is 10.1. The van der Waals surface area contributed by atoms with Crippen molar-refractivity contribution in [3.8, 4) is 0 Å². The Hall–Kier alpha value is -3.10. The van der Waals surface area contributed by atoms with E-state index in [0.717, 1.165) is 26.9 Å². The molecule has 0 saturated heterocycles. The molecule has 0 fully saturated rings. The second-order valence-corrected chi connectivity index (χ2v) is 8.87. The minimum atomic E-state index is -1.02. The highest BCUT2D eigenvalue weighted by Crippen LogP contribution is 2.34. The molecule has 2 aromatic carbocycles. The normalized spacial score (nSPS) is 14.0. The van der Waals surface area contributed by atoms with E-state index < -0.39 is 17.6 Å². The predicted octanol–water partition coefficient (Wildman–Crippen LogP) is 4.88. The van der Waals surface area contributed by atoms with E-state index in [1.807, 2.05) is 6.92 Å². The molecule has 1 amide bonds.